The van der Waals surface area contributed by atoms with Crippen molar-refractivity contribution < 1.29 is 4.39 Å². The summed E-state index contributed by atoms with van der Waals surface area (Å²) >= 11 is 0. The first kappa shape index (κ1) is 14.2. The van der Waals surface area contributed by atoms with Gasteiger partial charge in [-0.1, -0.05) is 39.8 Å². The van der Waals surface area contributed by atoms with Gasteiger partial charge in [0.1, 0.15) is 5.82 Å². The van der Waals surface area contributed by atoms with E-state index in [1.807, 2.05) is 39.8 Å². The second-order valence-corrected chi connectivity index (χ2v) is 3.28. The zero-order valence-electron chi connectivity index (χ0n) is 10.6. The molecule has 0 aromatic heterocycles. The molecule has 0 saturated heterocycles. The number of aryl methyl sites for hydroxylation is 1. The fraction of sp³-hybridized carbons (Fsp3) is 0.571. The van der Waals surface area contributed by atoms with E-state index in [4.69, 9.17) is 0 Å². The Kier molecular flexibility index (Phi) is 7.02. The highest BCUT2D eigenvalue weighted by Gasteiger charge is 2.23. The Morgan fingerprint density at radius 1 is 1.07 bits per heavy atom. The van der Waals surface area contributed by atoms with Gasteiger partial charge in [0.25, 0.3) is 0 Å². The number of rotatable bonds is 1. The molecular weight excluding hydrogens is 187 g/mol. The van der Waals surface area contributed by atoms with Crippen LogP contribution in [0.15, 0.2) is 18.2 Å². The van der Waals surface area contributed by atoms with Crippen molar-refractivity contribution in [2.24, 2.45) is 0 Å². The highest BCUT2D eigenvalue weighted by Crippen LogP contribution is 2.40. The lowest BCUT2D eigenvalue weighted by molar-refractivity contribution is 0.616. The van der Waals surface area contributed by atoms with Crippen LogP contribution in [0.4, 0.5) is 4.39 Å². The first-order valence-corrected chi connectivity index (χ1v) is 6.03. The third-order valence-electron chi connectivity index (χ3n) is 2.24. The first-order valence-electron chi connectivity index (χ1n) is 6.03. The predicted molar refractivity (Wildman–Crippen MR) is 65.8 cm³/mol. The van der Waals surface area contributed by atoms with Crippen LogP contribution in [-0.4, -0.2) is 0 Å². The highest BCUT2D eigenvalue weighted by molar-refractivity contribution is 5.28. The summed E-state index contributed by atoms with van der Waals surface area (Å²) in [6.07, 6.45) is 2.48. The van der Waals surface area contributed by atoms with Gasteiger partial charge in [-0.05, 0) is 42.9 Å². The molecule has 0 atom stereocenters. The van der Waals surface area contributed by atoms with Crippen molar-refractivity contribution in [1.29, 1.82) is 0 Å². The highest BCUT2D eigenvalue weighted by atomic mass is 19.1. The van der Waals surface area contributed by atoms with Crippen LogP contribution in [0.5, 0.6) is 0 Å². The zero-order chi connectivity index (χ0) is 11.8. The van der Waals surface area contributed by atoms with E-state index in [1.165, 1.54) is 18.4 Å². The molecule has 1 heteroatoms. The maximum absolute atomic E-state index is 13.0. The molecule has 1 saturated carbocycles. The number of hydrogen-bond donors (Lipinski definition) is 0. The molecule has 1 aromatic carbocycles. The van der Waals surface area contributed by atoms with E-state index >= 15 is 0 Å². The molecule has 0 radical (unpaired) electrons. The Hall–Kier alpha value is -0.850. The smallest absolute Gasteiger partial charge is 0.126 e. The van der Waals surface area contributed by atoms with Crippen molar-refractivity contribution in [3.8, 4) is 0 Å². The molecule has 0 amide bonds. The molecule has 0 unspecified atom stereocenters. The van der Waals surface area contributed by atoms with Gasteiger partial charge in [-0.25, -0.2) is 4.39 Å². The van der Waals surface area contributed by atoms with Crippen LogP contribution in [-0.2, 0) is 0 Å². The van der Waals surface area contributed by atoms with E-state index in [9.17, 15) is 4.39 Å². The molecule has 2 rings (SSSR count). The van der Waals surface area contributed by atoms with Crippen LogP contribution in [0.25, 0.3) is 0 Å². The Labute approximate surface area is 93.5 Å². The van der Waals surface area contributed by atoms with E-state index in [0.29, 0.717) is 5.92 Å². The summed E-state index contributed by atoms with van der Waals surface area (Å²) in [6.45, 7) is 9.80. The number of hydrogen-bond acceptors (Lipinski definition) is 0. The van der Waals surface area contributed by atoms with Gasteiger partial charge in [0.05, 0.1) is 0 Å². The Bertz CT molecular complexity index is 275. The van der Waals surface area contributed by atoms with Gasteiger partial charge in [0, 0.05) is 0 Å². The zero-order valence-corrected chi connectivity index (χ0v) is 10.6. The van der Waals surface area contributed by atoms with Crippen molar-refractivity contribution >= 4 is 0 Å². The lowest BCUT2D eigenvalue weighted by Crippen LogP contribution is -1.85. The standard InChI is InChI=1S/C10H11F.2C2H6/c1-7-2-3-9(6-10(7)11)8-4-5-8;2*1-2/h2-3,6,8H,4-5H2,1H3;2*1-2H3. The average molecular weight is 210 g/mol. The first-order chi connectivity index (χ1) is 7.27. The summed E-state index contributed by atoms with van der Waals surface area (Å²) in [7, 11) is 0. The fourth-order valence-corrected chi connectivity index (χ4v) is 1.28. The minimum absolute atomic E-state index is 0.0607. The van der Waals surface area contributed by atoms with Gasteiger partial charge >= 0.3 is 0 Å². The van der Waals surface area contributed by atoms with Gasteiger partial charge < -0.3 is 0 Å². The molecule has 0 bridgehead atoms. The van der Waals surface area contributed by atoms with Gasteiger partial charge in [0.15, 0.2) is 0 Å². The van der Waals surface area contributed by atoms with E-state index in [2.05, 4.69) is 0 Å². The third-order valence-corrected chi connectivity index (χ3v) is 2.24. The van der Waals surface area contributed by atoms with Crippen molar-refractivity contribution in [3.05, 3.63) is 35.1 Å². The van der Waals surface area contributed by atoms with Crippen LogP contribution < -0.4 is 0 Å². The minimum Gasteiger partial charge on any atom is -0.207 e. The largest absolute Gasteiger partial charge is 0.207 e. The quantitative estimate of drug-likeness (QED) is 0.607. The van der Waals surface area contributed by atoms with Crippen molar-refractivity contribution in [1.82, 2.24) is 0 Å². The van der Waals surface area contributed by atoms with Gasteiger partial charge in [-0.15, -0.1) is 0 Å². The van der Waals surface area contributed by atoms with Gasteiger partial charge in [-0.2, -0.15) is 0 Å². The molecule has 1 aliphatic carbocycles. The number of benzene rings is 1. The van der Waals surface area contributed by atoms with Crippen LogP contribution in [0, 0.1) is 12.7 Å². The Balaban J connectivity index is 0.000000442. The third kappa shape index (κ3) is 4.46. The van der Waals surface area contributed by atoms with Crippen molar-refractivity contribution in [3.63, 3.8) is 0 Å². The molecule has 1 aromatic rings. The van der Waals surface area contributed by atoms with Crippen LogP contribution in [0.1, 0.15) is 57.6 Å². The number of halogens is 1. The molecule has 0 spiro atoms. The molecular formula is C14H23F. The molecule has 1 aliphatic rings. The minimum atomic E-state index is -0.0607. The predicted octanol–water partition coefficient (Wildman–Crippen LogP) is 5.06. The van der Waals surface area contributed by atoms with Crippen LogP contribution in [0.2, 0.25) is 0 Å². The summed E-state index contributed by atoms with van der Waals surface area (Å²) in [5, 5.41) is 0. The summed E-state index contributed by atoms with van der Waals surface area (Å²) in [5.41, 5.74) is 1.92. The van der Waals surface area contributed by atoms with Crippen LogP contribution in [0.3, 0.4) is 0 Å². The second-order valence-electron chi connectivity index (χ2n) is 3.28. The van der Waals surface area contributed by atoms with Crippen molar-refractivity contribution in [2.75, 3.05) is 0 Å². The normalized spacial score (nSPS) is 13.2. The average Bonchev–Trinajstić information content (AvgIpc) is 3.12. The second kappa shape index (κ2) is 7.44. The molecule has 86 valence electrons. The Morgan fingerprint density at radius 2 is 1.60 bits per heavy atom. The SMILES string of the molecule is CC.CC.Cc1ccc(C2CC2)cc1F. The lowest BCUT2D eigenvalue weighted by atomic mass is 10.1. The summed E-state index contributed by atoms with van der Waals surface area (Å²) < 4.78 is 13.0. The Morgan fingerprint density at radius 3 is 2.00 bits per heavy atom. The topological polar surface area (TPSA) is 0 Å². The molecule has 15 heavy (non-hydrogen) atoms. The lowest BCUT2D eigenvalue weighted by Gasteiger charge is -1.99. The van der Waals surface area contributed by atoms with Crippen LogP contribution >= 0.6 is 0 Å². The molecule has 0 nitrogen and oxygen atoms in total. The van der Waals surface area contributed by atoms with E-state index in [0.717, 1.165) is 5.56 Å². The molecule has 0 aliphatic heterocycles. The maximum atomic E-state index is 13.0. The molecule has 0 N–H and O–H groups in total. The summed E-state index contributed by atoms with van der Waals surface area (Å²) in [4.78, 5) is 0. The van der Waals surface area contributed by atoms with E-state index in [-0.39, 0.29) is 5.82 Å². The van der Waals surface area contributed by atoms with Gasteiger partial charge in [0.2, 0.25) is 0 Å². The van der Waals surface area contributed by atoms with E-state index < -0.39 is 0 Å². The maximum Gasteiger partial charge on any atom is 0.126 e. The van der Waals surface area contributed by atoms with Gasteiger partial charge in [-0.3, -0.25) is 0 Å². The molecule has 1 fully saturated rings. The van der Waals surface area contributed by atoms with Crippen molar-refractivity contribution in [2.45, 2.75) is 53.4 Å². The van der Waals surface area contributed by atoms with E-state index in [1.54, 1.807) is 13.0 Å². The molecule has 0 heterocycles. The monoisotopic (exact) mass is 210 g/mol. The summed E-state index contributed by atoms with van der Waals surface area (Å²) in [6, 6.07) is 5.58. The summed E-state index contributed by atoms with van der Waals surface area (Å²) in [5.74, 6) is 0.597. The fourth-order valence-electron chi connectivity index (χ4n) is 1.28.